The molecule has 0 saturated heterocycles. The van der Waals surface area contributed by atoms with Crippen molar-refractivity contribution in [3.8, 4) is 5.75 Å². The van der Waals surface area contributed by atoms with Crippen molar-refractivity contribution in [2.45, 2.75) is 13.5 Å². The molecule has 0 aliphatic rings. The average molecular weight is 456 g/mol. The molecular weight excluding hydrogens is 439 g/mol. The number of ether oxygens (including phenoxy) is 1. The Morgan fingerprint density at radius 1 is 1.11 bits per heavy atom. The van der Waals surface area contributed by atoms with E-state index in [0.29, 0.717) is 44.9 Å². The minimum absolute atomic E-state index is 0.351. The van der Waals surface area contributed by atoms with Crippen LogP contribution in [-0.2, 0) is 6.54 Å². The second-order valence-electron chi connectivity index (χ2n) is 5.77. The van der Waals surface area contributed by atoms with Crippen molar-refractivity contribution in [2.75, 3.05) is 17.2 Å². The summed E-state index contributed by atoms with van der Waals surface area (Å²) in [6, 6.07) is 12.9. The van der Waals surface area contributed by atoms with Gasteiger partial charge >= 0.3 is 0 Å². The van der Waals surface area contributed by atoms with Gasteiger partial charge in [-0.05, 0) is 49.0 Å². The van der Waals surface area contributed by atoms with Crippen molar-refractivity contribution in [3.63, 3.8) is 0 Å². The van der Waals surface area contributed by atoms with Crippen molar-refractivity contribution in [2.24, 2.45) is 0 Å². The third kappa shape index (κ3) is 5.29. The van der Waals surface area contributed by atoms with Crippen molar-refractivity contribution >= 4 is 63.6 Å². The first kappa shape index (κ1) is 20.7. The van der Waals surface area contributed by atoms with Crippen LogP contribution in [0.5, 0.6) is 5.75 Å². The predicted octanol–water partition coefficient (Wildman–Crippen LogP) is 6.10. The Kier molecular flexibility index (Phi) is 7.02. The summed E-state index contributed by atoms with van der Waals surface area (Å²) in [7, 11) is 0. The van der Waals surface area contributed by atoms with Gasteiger partial charge in [0, 0.05) is 16.2 Å². The molecule has 0 aliphatic carbocycles. The Bertz CT molecular complexity index is 993. The highest BCUT2D eigenvalue weighted by molar-refractivity contribution is 7.80. The molecule has 146 valence electrons. The predicted molar refractivity (Wildman–Crippen MR) is 120 cm³/mol. The Labute approximate surface area is 183 Å². The number of anilines is 2. The van der Waals surface area contributed by atoms with Gasteiger partial charge in [-0.15, -0.1) is 0 Å². The van der Waals surface area contributed by atoms with Gasteiger partial charge < -0.3 is 15.4 Å². The van der Waals surface area contributed by atoms with E-state index in [4.69, 9.17) is 51.8 Å². The third-order valence-electron chi connectivity index (χ3n) is 3.73. The normalized spacial score (nSPS) is 10.6. The van der Waals surface area contributed by atoms with Gasteiger partial charge in [-0.1, -0.05) is 53.0 Å². The molecule has 5 nitrogen and oxygen atoms in total. The number of aromatic nitrogens is 2. The molecule has 0 fully saturated rings. The van der Waals surface area contributed by atoms with Crippen molar-refractivity contribution < 1.29 is 4.74 Å². The SMILES string of the molecule is CCOc1ccccc1NC(=S)Nc1nn(Cc2ccc(Cl)cc2Cl)cc1Cl. The van der Waals surface area contributed by atoms with Gasteiger partial charge in [0.15, 0.2) is 10.9 Å². The minimum atomic E-state index is 0.351. The summed E-state index contributed by atoms with van der Waals surface area (Å²) in [6.45, 7) is 2.93. The Morgan fingerprint density at radius 3 is 2.64 bits per heavy atom. The lowest BCUT2D eigenvalue weighted by molar-refractivity contribution is 0.342. The molecule has 2 N–H and O–H groups in total. The Balaban J connectivity index is 1.69. The van der Waals surface area contributed by atoms with Gasteiger partial charge in [0.25, 0.3) is 0 Å². The lowest BCUT2D eigenvalue weighted by atomic mass is 10.2. The van der Waals surface area contributed by atoms with Crippen molar-refractivity contribution in [1.29, 1.82) is 0 Å². The summed E-state index contributed by atoms with van der Waals surface area (Å²) in [5, 5.41) is 12.5. The number of benzene rings is 2. The molecule has 0 unspecified atom stereocenters. The first-order valence-electron chi connectivity index (χ1n) is 8.43. The van der Waals surface area contributed by atoms with E-state index in [-0.39, 0.29) is 0 Å². The molecular formula is C19H17Cl3N4OS. The molecule has 3 rings (SSSR count). The van der Waals surface area contributed by atoms with E-state index in [2.05, 4.69) is 15.7 Å². The second kappa shape index (κ2) is 9.47. The number of nitrogens with zero attached hydrogens (tertiary/aromatic N) is 2. The molecule has 3 aromatic rings. The summed E-state index contributed by atoms with van der Waals surface area (Å²) in [5.74, 6) is 1.15. The van der Waals surface area contributed by atoms with Gasteiger partial charge in [0.05, 0.1) is 18.8 Å². The van der Waals surface area contributed by atoms with Gasteiger partial charge in [-0.25, -0.2) is 0 Å². The number of para-hydroxylation sites is 2. The van der Waals surface area contributed by atoms with E-state index < -0.39 is 0 Å². The van der Waals surface area contributed by atoms with E-state index in [1.807, 2.05) is 37.3 Å². The van der Waals surface area contributed by atoms with Crippen LogP contribution in [0.25, 0.3) is 0 Å². The molecule has 0 amide bonds. The maximum Gasteiger partial charge on any atom is 0.176 e. The molecule has 1 heterocycles. The molecule has 2 aromatic carbocycles. The number of thiocarbonyl (C=S) groups is 1. The lowest BCUT2D eigenvalue weighted by Crippen LogP contribution is -2.20. The van der Waals surface area contributed by atoms with E-state index in [0.717, 1.165) is 11.3 Å². The van der Waals surface area contributed by atoms with Gasteiger partial charge in [0.2, 0.25) is 0 Å². The zero-order chi connectivity index (χ0) is 20.1. The highest BCUT2D eigenvalue weighted by Gasteiger charge is 2.12. The fourth-order valence-corrected chi connectivity index (χ4v) is 3.37. The molecule has 28 heavy (non-hydrogen) atoms. The number of nitrogens with one attached hydrogen (secondary N) is 2. The second-order valence-corrected chi connectivity index (χ2v) is 7.43. The molecule has 0 bridgehead atoms. The zero-order valence-corrected chi connectivity index (χ0v) is 18.0. The summed E-state index contributed by atoms with van der Waals surface area (Å²) >= 11 is 23.8. The quantitative estimate of drug-likeness (QED) is 0.440. The van der Waals surface area contributed by atoms with E-state index >= 15 is 0 Å². The average Bonchev–Trinajstić information content (AvgIpc) is 2.98. The number of halogens is 3. The molecule has 9 heteroatoms. The minimum Gasteiger partial charge on any atom is -0.492 e. The van der Waals surface area contributed by atoms with Crippen LogP contribution in [0.2, 0.25) is 15.1 Å². The molecule has 0 atom stereocenters. The Morgan fingerprint density at radius 2 is 1.89 bits per heavy atom. The maximum atomic E-state index is 6.29. The number of hydrogen-bond acceptors (Lipinski definition) is 3. The molecule has 0 aliphatic heterocycles. The fraction of sp³-hybridized carbons (Fsp3) is 0.158. The van der Waals surface area contributed by atoms with Crippen molar-refractivity contribution in [1.82, 2.24) is 9.78 Å². The standard InChI is InChI=1S/C19H17Cl3N4OS/c1-2-27-17-6-4-3-5-16(17)23-19(28)24-18-15(22)11-26(25-18)10-12-7-8-13(20)9-14(12)21/h3-9,11H,2,10H2,1H3,(H2,23,24,25,28). The lowest BCUT2D eigenvalue weighted by Gasteiger charge is -2.13. The molecule has 0 saturated carbocycles. The van der Waals surface area contributed by atoms with Gasteiger partial charge in [-0.3, -0.25) is 4.68 Å². The Hall–Kier alpha value is -1.99. The largest absolute Gasteiger partial charge is 0.492 e. The highest BCUT2D eigenvalue weighted by atomic mass is 35.5. The van der Waals surface area contributed by atoms with Crippen molar-refractivity contribution in [3.05, 3.63) is 69.3 Å². The first-order valence-corrected chi connectivity index (χ1v) is 9.97. The third-order valence-corrected chi connectivity index (χ3v) is 4.80. The van der Waals surface area contributed by atoms with Gasteiger partial charge in [0.1, 0.15) is 10.8 Å². The smallest absolute Gasteiger partial charge is 0.176 e. The topological polar surface area (TPSA) is 51.1 Å². The number of hydrogen-bond donors (Lipinski definition) is 2. The van der Waals surface area contributed by atoms with Crippen LogP contribution in [0.4, 0.5) is 11.5 Å². The highest BCUT2D eigenvalue weighted by Crippen LogP contribution is 2.26. The van der Waals surface area contributed by atoms with Crippen LogP contribution in [0.1, 0.15) is 12.5 Å². The zero-order valence-electron chi connectivity index (χ0n) is 14.9. The van der Waals surface area contributed by atoms with Crippen LogP contribution >= 0.6 is 47.0 Å². The van der Waals surface area contributed by atoms with E-state index in [1.165, 1.54) is 0 Å². The summed E-state index contributed by atoms with van der Waals surface area (Å²) < 4.78 is 7.26. The summed E-state index contributed by atoms with van der Waals surface area (Å²) in [5.41, 5.74) is 1.63. The molecule has 0 radical (unpaired) electrons. The monoisotopic (exact) mass is 454 g/mol. The van der Waals surface area contributed by atoms with Crippen LogP contribution in [0.15, 0.2) is 48.7 Å². The number of rotatable bonds is 6. The van der Waals surface area contributed by atoms with Crippen LogP contribution in [0, 0.1) is 0 Å². The summed E-state index contributed by atoms with van der Waals surface area (Å²) in [4.78, 5) is 0. The first-order chi connectivity index (χ1) is 13.5. The fourth-order valence-electron chi connectivity index (χ4n) is 2.50. The molecule has 1 aromatic heterocycles. The maximum absolute atomic E-state index is 6.29. The van der Waals surface area contributed by atoms with Crippen LogP contribution in [0.3, 0.4) is 0 Å². The van der Waals surface area contributed by atoms with E-state index in [9.17, 15) is 0 Å². The van der Waals surface area contributed by atoms with Crippen LogP contribution in [-0.4, -0.2) is 21.5 Å². The molecule has 0 spiro atoms. The van der Waals surface area contributed by atoms with E-state index in [1.54, 1.807) is 23.0 Å². The summed E-state index contributed by atoms with van der Waals surface area (Å²) in [6.07, 6.45) is 1.70. The van der Waals surface area contributed by atoms with Gasteiger partial charge in [-0.2, -0.15) is 5.10 Å². The van der Waals surface area contributed by atoms with Crippen LogP contribution < -0.4 is 15.4 Å².